The van der Waals surface area contributed by atoms with Gasteiger partial charge in [0.05, 0.1) is 12.0 Å². The Hall–Kier alpha value is -3.03. The van der Waals surface area contributed by atoms with E-state index in [1.165, 1.54) is 0 Å². The molecule has 1 aliphatic rings. The van der Waals surface area contributed by atoms with E-state index >= 15 is 0 Å². The highest BCUT2D eigenvalue weighted by atomic mass is 16.2. The van der Waals surface area contributed by atoms with Crippen molar-refractivity contribution in [3.8, 4) is 0 Å². The molecule has 8 heteroatoms. The molecule has 0 spiro atoms. The summed E-state index contributed by atoms with van der Waals surface area (Å²) >= 11 is 0. The lowest BCUT2D eigenvalue weighted by Crippen LogP contribution is -2.43. The van der Waals surface area contributed by atoms with E-state index in [2.05, 4.69) is 20.3 Å². The Balaban J connectivity index is 1.60. The maximum atomic E-state index is 13.3. The van der Waals surface area contributed by atoms with Crippen molar-refractivity contribution >= 4 is 17.1 Å². The fraction of sp³-hybridized carbons (Fsp3) is 0.476. The quantitative estimate of drug-likeness (QED) is 0.717. The van der Waals surface area contributed by atoms with Crippen molar-refractivity contribution in [2.24, 2.45) is 0 Å². The van der Waals surface area contributed by atoms with E-state index in [1.807, 2.05) is 49.1 Å². The van der Waals surface area contributed by atoms with Crippen LogP contribution in [0.15, 0.2) is 35.1 Å². The van der Waals surface area contributed by atoms with Gasteiger partial charge in [0.2, 0.25) is 5.91 Å². The van der Waals surface area contributed by atoms with Crippen molar-refractivity contribution in [1.29, 1.82) is 0 Å². The third-order valence-corrected chi connectivity index (χ3v) is 5.68. The summed E-state index contributed by atoms with van der Waals surface area (Å²) in [5.41, 5.74) is 1.53. The highest BCUT2D eigenvalue weighted by molar-refractivity contribution is 5.83. The molecule has 0 bridgehead atoms. The highest BCUT2D eigenvalue weighted by Crippen LogP contribution is 2.28. The zero-order valence-corrected chi connectivity index (χ0v) is 16.8. The number of benzene rings is 1. The van der Waals surface area contributed by atoms with Gasteiger partial charge in [0.1, 0.15) is 5.82 Å². The van der Waals surface area contributed by atoms with E-state index in [0.29, 0.717) is 24.4 Å². The fourth-order valence-electron chi connectivity index (χ4n) is 4.11. The minimum absolute atomic E-state index is 0.0371. The van der Waals surface area contributed by atoms with Crippen LogP contribution in [0.1, 0.15) is 56.5 Å². The van der Waals surface area contributed by atoms with Gasteiger partial charge in [-0.05, 0) is 24.8 Å². The number of piperidine rings is 1. The SMILES string of the molecule is CCc1nc2c(nnn2C2CCCN(C(=O)C(CC)c3ccccc3)C2)c(=O)[nH]1. The van der Waals surface area contributed by atoms with E-state index in [1.54, 1.807) is 4.68 Å². The molecule has 152 valence electrons. The first-order chi connectivity index (χ1) is 14.1. The van der Waals surface area contributed by atoms with E-state index in [9.17, 15) is 9.59 Å². The van der Waals surface area contributed by atoms with E-state index in [4.69, 9.17) is 0 Å². The van der Waals surface area contributed by atoms with Crippen LogP contribution in [0.2, 0.25) is 0 Å². The van der Waals surface area contributed by atoms with Crippen LogP contribution in [0.5, 0.6) is 0 Å². The number of amides is 1. The van der Waals surface area contributed by atoms with Crippen molar-refractivity contribution in [1.82, 2.24) is 29.9 Å². The van der Waals surface area contributed by atoms with Gasteiger partial charge < -0.3 is 9.88 Å². The topological polar surface area (TPSA) is 96.8 Å². The zero-order chi connectivity index (χ0) is 20.4. The predicted molar refractivity (Wildman–Crippen MR) is 110 cm³/mol. The van der Waals surface area contributed by atoms with Crippen molar-refractivity contribution < 1.29 is 4.79 Å². The van der Waals surface area contributed by atoms with E-state index in [0.717, 1.165) is 31.4 Å². The minimum atomic E-state index is -0.267. The van der Waals surface area contributed by atoms with E-state index < -0.39 is 0 Å². The molecule has 1 N–H and O–H groups in total. The summed E-state index contributed by atoms with van der Waals surface area (Å²) in [5.74, 6) is 0.618. The molecule has 1 aliphatic heterocycles. The van der Waals surface area contributed by atoms with Gasteiger partial charge in [-0.1, -0.05) is 49.4 Å². The molecule has 0 aliphatic carbocycles. The Morgan fingerprint density at radius 2 is 2.07 bits per heavy atom. The maximum absolute atomic E-state index is 13.3. The molecule has 1 amide bonds. The number of carbonyl (C=O) groups excluding carboxylic acids is 1. The molecule has 1 fully saturated rings. The number of hydrogen-bond donors (Lipinski definition) is 1. The van der Waals surface area contributed by atoms with Gasteiger partial charge in [0.15, 0.2) is 11.2 Å². The first kappa shape index (κ1) is 19.3. The van der Waals surface area contributed by atoms with Crippen LogP contribution in [-0.2, 0) is 11.2 Å². The summed E-state index contributed by atoms with van der Waals surface area (Å²) in [7, 11) is 0. The second-order valence-corrected chi connectivity index (χ2v) is 7.52. The molecule has 2 atom stereocenters. The molecule has 8 nitrogen and oxygen atoms in total. The molecule has 2 aromatic heterocycles. The van der Waals surface area contributed by atoms with Crippen LogP contribution in [0.3, 0.4) is 0 Å². The normalized spacial score (nSPS) is 18.1. The molecule has 1 aromatic carbocycles. The van der Waals surface area contributed by atoms with Crippen LogP contribution in [0, 0.1) is 0 Å². The van der Waals surface area contributed by atoms with Gasteiger partial charge in [-0.15, -0.1) is 5.10 Å². The lowest BCUT2D eigenvalue weighted by molar-refractivity contribution is -0.134. The zero-order valence-electron chi connectivity index (χ0n) is 16.8. The lowest BCUT2D eigenvalue weighted by atomic mass is 9.93. The number of aromatic amines is 1. The van der Waals surface area contributed by atoms with Crippen LogP contribution < -0.4 is 5.56 Å². The largest absolute Gasteiger partial charge is 0.340 e. The van der Waals surface area contributed by atoms with Gasteiger partial charge in [-0.25, -0.2) is 9.67 Å². The summed E-state index contributed by atoms with van der Waals surface area (Å²) in [6.45, 7) is 5.27. The molecule has 0 saturated carbocycles. The average molecular weight is 394 g/mol. The molecule has 4 rings (SSSR count). The van der Waals surface area contributed by atoms with Gasteiger partial charge >= 0.3 is 0 Å². The van der Waals surface area contributed by atoms with Gasteiger partial charge in [0.25, 0.3) is 5.56 Å². The van der Waals surface area contributed by atoms with Crippen molar-refractivity contribution in [2.75, 3.05) is 13.1 Å². The van der Waals surface area contributed by atoms with Gasteiger partial charge in [0, 0.05) is 19.5 Å². The Labute approximate surface area is 168 Å². The second kappa shape index (κ2) is 8.14. The number of rotatable bonds is 5. The number of likely N-dealkylation sites (tertiary alicyclic amines) is 1. The Kier molecular flexibility index (Phi) is 5.42. The first-order valence-electron chi connectivity index (χ1n) is 10.3. The van der Waals surface area contributed by atoms with Crippen LogP contribution in [0.25, 0.3) is 11.2 Å². The van der Waals surface area contributed by atoms with E-state index in [-0.39, 0.29) is 28.9 Å². The average Bonchev–Trinajstić information content (AvgIpc) is 3.19. The highest BCUT2D eigenvalue weighted by Gasteiger charge is 2.31. The van der Waals surface area contributed by atoms with Gasteiger partial charge in [-0.3, -0.25) is 9.59 Å². The van der Waals surface area contributed by atoms with Crippen molar-refractivity contribution in [3.05, 3.63) is 52.1 Å². The molecular weight excluding hydrogens is 368 g/mol. The number of nitrogens with one attached hydrogen (secondary N) is 1. The molecule has 29 heavy (non-hydrogen) atoms. The number of aromatic nitrogens is 5. The third-order valence-electron chi connectivity index (χ3n) is 5.68. The summed E-state index contributed by atoms with van der Waals surface area (Å²) in [6, 6.07) is 9.90. The number of carbonyl (C=O) groups is 1. The predicted octanol–water partition coefficient (Wildman–Crippen LogP) is 2.43. The molecule has 2 unspecified atom stereocenters. The summed E-state index contributed by atoms with van der Waals surface area (Å²) < 4.78 is 1.73. The summed E-state index contributed by atoms with van der Waals surface area (Å²) in [4.78, 5) is 34.7. The van der Waals surface area contributed by atoms with Crippen LogP contribution in [-0.4, -0.2) is 48.9 Å². The fourth-order valence-corrected chi connectivity index (χ4v) is 4.11. The molecular formula is C21H26N6O2. The molecule has 0 radical (unpaired) electrons. The number of hydrogen-bond acceptors (Lipinski definition) is 5. The number of nitrogens with zero attached hydrogens (tertiary/aromatic N) is 5. The lowest BCUT2D eigenvalue weighted by Gasteiger charge is -2.34. The molecule has 3 heterocycles. The number of fused-ring (bicyclic) bond motifs is 1. The van der Waals surface area contributed by atoms with Crippen molar-refractivity contribution in [3.63, 3.8) is 0 Å². The Morgan fingerprint density at radius 3 is 2.79 bits per heavy atom. The third kappa shape index (κ3) is 3.66. The summed E-state index contributed by atoms with van der Waals surface area (Å²) in [5, 5.41) is 8.26. The van der Waals surface area contributed by atoms with Crippen LogP contribution >= 0.6 is 0 Å². The smallest absolute Gasteiger partial charge is 0.281 e. The van der Waals surface area contributed by atoms with Gasteiger partial charge in [-0.2, -0.15) is 0 Å². The minimum Gasteiger partial charge on any atom is -0.340 e. The number of aryl methyl sites for hydroxylation is 1. The Bertz CT molecular complexity index is 1060. The molecule has 1 saturated heterocycles. The number of H-pyrrole nitrogens is 1. The standard InChI is InChI=1S/C21H26N6O2/c1-3-16(14-9-6-5-7-10-14)21(29)26-12-8-11-15(13-26)27-19-18(24-25-27)20(28)23-17(4-2)22-19/h5-7,9-10,15-16H,3-4,8,11-13H2,1-2H3,(H,22,23,28). The Morgan fingerprint density at radius 1 is 1.28 bits per heavy atom. The molecule has 3 aromatic rings. The summed E-state index contributed by atoms with van der Waals surface area (Å²) in [6.07, 6.45) is 3.14. The van der Waals surface area contributed by atoms with Crippen LogP contribution in [0.4, 0.5) is 0 Å². The first-order valence-corrected chi connectivity index (χ1v) is 10.3. The maximum Gasteiger partial charge on any atom is 0.281 e. The second-order valence-electron chi connectivity index (χ2n) is 7.52. The monoisotopic (exact) mass is 394 g/mol. The van der Waals surface area contributed by atoms with Crippen molar-refractivity contribution in [2.45, 2.75) is 51.5 Å².